The average Bonchev–Trinajstić information content (AvgIpc) is 3.25. The Balaban J connectivity index is 1.10. The number of halogens is 4. The molecule has 6 rings (SSSR count). The number of carbonyl (C=O) groups excluding carboxylic acids is 1. The minimum Gasteiger partial charge on any atom is -0.384 e. The molecule has 0 unspecified atom stereocenters. The number of morpholine rings is 1. The van der Waals surface area contributed by atoms with Gasteiger partial charge in [0.2, 0.25) is 0 Å². The minimum absolute atomic E-state index is 0.0361. The summed E-state index contributed by atoms with van der Waals surface area (Å²) < 4.78 is 103. The maximum absolute atomic E-state index is 14.1. The number of rotatable bonds is 19. The number of hydrogen-bond acceptors (Lipinski definition) is 11. The van der Waals surface area contributed by atoms with Crippen LogP contribution in [0.25, 0.3) is 5.57 Å². The number of anilines is 2. The average molecular weight is 935 g/mol. The number of nitrogens with one attached hydrogen (secondary N) is 4. The molecule has 2 atom stereocenters. The van der Waals surface area contributed by atoms with Gasteiger partial charge in [-0.15, -0.1) is 11.8 Å². The van der Waals surface area contributed by atoms with Gasteiger partial charge >= 0.3 is 5.51 Å². The topological polar surface area (TPSA) is 146 Å². The number of benzene rings is 4. The Morgan fingerprint density at radius 3 is 2.37 bits per heavy atom. The van der Waals surface area contributed by atoms with Crippen molar-refractivity contribution in [3.8, 4) is 0 Å². The molecule has 0 aromatic heterocycles. The third kappa shape index (κ3) is 12.8. The van der Waals surface area contributed by atoms with E-state index in [1.165, 1.54) is 40.6 Å². The number of ether oxygens (including phenoxy) is 1. The molecule has 18 heteroatoms. The fraction of sp³-hybridized carbons (Fsp3) is 0.386. The number of thioether (sulfide) groups is 1. The van der Waals surface area contributed by atoms with E-state index in [4.69, 9.17) is 16.3 Å². The number of hydrogen-bond donors (Lipinski definition) is 4. The molecule has 0 radical (unpaired) electrons. The van der Waals surface area contributed by atoms with Crippen LogP contribution in [-0.4, -0.2) is 96.9 Å². The summed E-state index contributed by atoms with van der Waals surface area (Å²) in [6, 6.07) is 25.3. The highest BCUT2D eigenvalue weighted by molar-refractivity contribution is 7.99. The van der Waals surface area contributed by atoms with Crippen LogP contribution < -0.4 is 20.7 Å². The highest BCUT2D eigenvalue weighted by Crippen LogP contribution is 2.37. The van der Waals surface area contributed by atoms with Gasteiger partial charge in [-0.3, -0.25) is 9.69 Å². The zero-order chi connectivity index (χ0) is 44.3. The predicted octanol–water partition coefficient (Wildman–Crippen LogP) is 8.47. The summed E-state index contributed by atoms with van der Waals surface area (Å²) in [5.74, 6) is -0.686. The first-order valence-corrected chi connectivity index (χ1v) is 24.7. The lowest BCUT2D eigenvalue weighted by Crippen LogP contribution is -2.45. The highest BCUT2D eigenvalue weighted by Gasteiger charge is 2.48. The highest BCUT2D eigenvalue weighted by atomic mass is 35.5. The zero-order valence-electron chi connectivity index (χ0n) is 34.2. The lowest BCUT2D eigenvalue weighted by atomic mass is 9.87. The van der Waals surface area contributed by atoms with Crippen LogP contribution in [0.2, 0.25) is 5.02 Å². The normalized spacial score (nSPS) is 17.1. The van der Waals surface area contributed by atoms with Gasteiger partial charge in [0, 0.05) is 71.7 Å². The van der Waals surface area contributed by atoms with Crippen molar-refractivity contribution in [2.24, 2.45) is 0 Å². The van der Waals surface area contributed by atoms with E-state index < -0.39 is 52.8 Å². The summed E-state index contributed by atoms with van der Waals surface area (Å²) in [6.45, 7) is 6.26. The van der Waals surface area contributed by atoms with E-state index in [1.807, 2.05) is 54.1 Å². The van der Waals surface area contributed by atoms with Crippen LogP contribution in [0.5, 0.6) is 0 Å². The maximum atomic E-state index is 14.1. The number of carbonyl (C=O) groups is 1. The Morgan fingerprint density at radius 1 is 0.935 bits per heavy atom. The molecule has 334 valence electrons. The molecular formula is C44H51ClF3N5O6S3. The molecule has 1 amide bonds. The van der Waals surface area contributed by atoms with Crippen LogP contribution in [0.1, 0.15) is 54.9 Å². The van der Waals surface area contributed by atoms with Crippen molar-refractivity contribution >= 4 is 66.1 Å². The summed E-state index contributed by atoms with van der Waals surface area (Å²) in [5, 5.41) is 10.4. The van der Waals surface area contributed by atoms with Gasteiger partial charge in [0.25, 0.3) is 25.8 Å². The van der Waals surface area contributed by atoms with Crippen LogP contribution in [0.3, 0.4) is 0 Å². The number of sulfonamides is 1. The molecule has 0 saturated carbocycles. The van der Waals surface area contributed by atoms with E-state index in [9.17, 15) is 34.8 Å². The van der Waals surface area contributed by atoms with Gasteiger partial charge in [0.1, 0.15) is 4.90 Å². The summed E-state index contributed by atoms with van der Waals surface area (Å²) in [7, 11) is -10.9. The van der Waals surface area contributed by atoms with Crippen molar-refractivity contribution in [3.63, 3.8) is 0 Å². The number of alkyl halides is 3. The summed E-state index contributed by atoms with van der Waals surface area (Å²) in [4.78, 5) is 14.2. The van der Waals surface area contributed by atoms with E-state index in [-0.39, 0.29) is 11.6 Å². The standard InChI is InChI=1S/C44H51ClF3N5O6S3/c1-31-29-59-26-25-53(31)24-21-37(30-60-38-8-3-2-4-9-38)51-41-20-19-39(27-42(41)61(55,56)44(46,47)48)62(57,58)52-43(54)33-13-17-36(18-14-33)50-23-22-49-28-34-7-5-6-10-40(34)32-11-15-35(45)16-12-32/h2-4,8-9,11-20,27,31,37,49-51H,5-7,10,21-26,28-30H2,1H3,(H,52,54)/t31-,37+/m0/s1. The second-order valence-corrected chi connectivity index (χ2v) is 20.4. The minimum atomic E-state index is -6.06. The summed E-state index contributed by atoms with van der Waals surface area (Å²) in [5.41, 5.74) is -1.59. The van der Waals surface area contributed by atoms with Crippen molar-refractivity contribution < 1.29 is 39.5 Å². The molecule has 4 aromatic carbocycles. The van der Waals surface area contributed by atoms with Crippen LogP contribution in [0.15, 0.2) is 117 Å². The van der Waals surface area contributed by atoms with Crippen molar-refractivity contribution in [2.75, 3.05) is 62.3 Å². The molecule has 1 heterocycles. The molecule has 62 heavy (non-hydrogen) atoms. The first-order chi connectivity index (χ1) is 29.6. The molecular weight excluding hydrogens is 883 g/mol. The van der Waals surface area contributed by atoms with Crippen LogP contribution in [0.4, 0.5) is 24.5 Å². The molecule has 1 aliphatic heterocycles. The molecule has 11 nitrogen and oxygen atoms in total. The Labute approximate surface area is 371 Å². The van der Waals surface area contributed by atoms with Gasteiger partial charge in [-0.2, -0.15) is 13.2 Å². The second-order valence-electron chi connectivity index (χ2n) is 15.2. The van der Waals surface area contributed by atoms with Gasteiger partial charge in [-0.25, -0.2) is 21.6 Å². The van der Waals surface area contributed by atoms with E-state index in [0.717, 1.165) is 49.3 Å². The number of allylic oxidation sites excluding steroid dienone is 1. The molecule has 1 fully saturated rings. The van der Waals surface area contributed by atoms with Gasteiger partial charge in [0.05, 0.1) is 23.8 Å². The Morgan fingerprint density at radius 2 is 1.66 bits per heavy atom. The zero-order valence-corrected chi connectivity index (χ0v) is 37.4. The molecule has 0 spiro atoms. The van der Waals surface area contributed by atoms with Crippen molar-refractivity contribution in [3.05, 3.63) is 119 Å². The fourth-order valence-electron chi connectivity index (χ4n) is 7.36. The van der Waals surface area contributed by atoms with Crippen LogP contribution >= 0.6 is 23.4 Å². The van der Waals surface area contributed by atoms with Gasteiger partial charge in [0.15, 0.2) is 0 Å². The molecule has 2 aliphatic rings. The lowest BCUT2D eigenvalue weighted by Gasteiger charge is -2.34. The first kappa shape index (κ1) is 47.4. The predicted molar refractivity (Wildman–Crippen MR) is 240 cm³/mol. The third-order valence-electron chi connectivity index (χ3n) is 10.8. The van der Waals surface area contributed by atoms with E-state index in [1.54, 1.807) is 12.1 Å². The Bertz CT molecular complexity index is 2390. The van der Waals surface area contributed by atoms with Crippen LogP contribution in [0, 0.1) is 0 Å². The molecule has 1 aliphatic carbocycles. The van der Waals surface area contributed by atoms with E-state index in [0.29, 0.717) is 68.3 Å². The monoisotopic (exact) mass is 933 g/mol. The largest absolute Gasteiger partial charge is 0.501 e. The van der Waals surface area contributed by atoms with Crippen molar-refractivity contribution in [2.45, 2.75) is 71.3 Å². The van der Waals surface area contributed by atoms with Crippen molar-refractivity contribution in [1.29, 1.82) is 0 Å². The van der Waals surface area contributed by atoms with Gasteiger partial charge < -0.3 is 20.7 Å². The van der Waals surface area contributed by atoms with Gasteiger partial charge in [-0.1, -0.05) is 47.5 Å². The molecule has 0 bridgehead atoms. The fourth-order valence-corrected chi connectivity index (χ4v) is 10.5. The van der Waals surface area contributed by atoms with Crippen molar-refractivity contribution in [1.82, 2.24) is 14.9 Å². The van der Waals surface area contributed by atoms with E-state index in [2.05, 4.69) is 33.0 Å². The number of nitrogens with zero attached hydrogens (tertiary/aromatic N) is 1. The van der Waals surface area contributed by atoms with Crippen LogP contribution in [-0.2, 0) is 24.6 Å². The van der Waals surface area contributed by atoms with E-state index >= 15 is 0 Å². The number of sulfone groups is 1. The smallest absolute Gasteiger partial charge is 0.384 e. The third-order valence-corrected chi connectivity index (χ3v) is 15.1. The summed E-state index contributed by atoms with van der Waals surface area (Å²) >= 11 is 7.53. The summed E-state index contributed by atoms with van der Waals surface area (Å²) in [6.07, 6.45) is 4.77. The Hall–Kier alpha value is -4.10. The lowest BCUT2D eigenvalue weighted by molar-refractivity contribution is -0.0435. The quantitative estimate of drug-likeness (QED) is 0.0531. The number of amides is 1. The second kappa shape index (κ2) is 21.5. The Kier molecular flexibility index (Phi) is 16.4. The maximum Gasteiger partial charge on any atom is 0.501 e. The SMILES string of the molecule is C[C@H]1COCCN1CC[C@H](CSc1ccccc1)Nc1ccc(S(=O)(=O)NC(=O)c2ccc(NCCNCC3=C(c4ccc(Cl)cc4)CCCC3)cc2)cc1S(=O)(=O)C(F)(F)F. The van der Waals surface area contributed by atoms with Gasteiger partial charge in [-0.05, 0) is 117 Å². The molecule has 1 saturated heterocycles. The molecule has 4 N–H and O–H groups in total. The first-order valence-electron chi connectivity index (χ1n) is 20.4. The molecule has 4 aromatic rings.